The van der Waals surface area contributed by atoms with Gasteiger partial charge in [0.2, 0.25) is 0 Å². The van der Waals surface area contributed by atoms with Gasteiger partial charge in [0.05, 0.1) is 10.6 Å². The van der Waals surface area contributed by atoms with Crippen LogP contribution in [0.2, 0.25) is 0 Å². The molecule has 36 heavy (non-hydrogen) atoms. The fraction of sp³-hybridized carbons (Fsp3) is 0.267. The molecule has 1 heterocycles. The summed E-state index contributed by atoms with van der Waals surface area (Å²) < 4.78 is 18.9. The largest absolute Gasteiger partial charge is 0.489 e. The summed E-state index contributed by atoms with van der Waals surface area (Å²) in [5.41, 5.74) is 2.68. The molecule has 184 valence electrons. The van der Waals surface area contributed by atoms with Crippen LogP contribution in [0.3, 0.4) is 0 Å². The molecule has 4 nitrogen and oxygen atoms in total. The van der Waals surface area contributed by atoms with Crippen LogP contribution in [0.1, 0.15) is 43.7 Å². The van der Waals surface area contributed by atoms with Crippen LogP contribution in [0.25, 0.3) is 6.08 Å². The molecule has 1 saturated carbocycles. The minimum absolute atomic E-state index is 0.0325. The number of thioether (sulfide) groups is 1. The molecule has 0 radical (unpaired) electrons. The van der Waals surface area contributed by atoms with E-state index in [1.165, 1.54) is 30.3 Å². The first kappa shape index (κ1) is 24.3. The van der Waals surface area contributed by atoms with Crippen molar-refractivity contribution in [2.24, 2.45) is 10.9 Å². The Hall–Kier alpha value is -3.38. The van der Waals surface area contributed by atoms with Gasteiger partial charge in [0.15, 0.2) is 5.17 Å². The molecule has 0 spiro atoms. The van der Waals surface area contributed by atoms with Crippen LogP contribution in [-0.2, 0) is 11.4 Å². The Labute approximate surface area is 215 Å². The Morgan fingerprint density at radius 2 is 1.72 bits per heavy atom. The van der Waals surface area contributed by atoms with Crippen molar-refractivity contribution in [3.8, 4) is 5.75 Å². The van der Waals surface area contributed by atoms with Crippen molar-refractivity contribution in [2.75, 3.05) is 0 Å². The van der Waals surface area contributed by atoms with Gasteiger partial charge in [-0.3, -0.25) is 9.69 Å². The molecule has 5 rings (SSSR count). The predicted octanol–water partition coefficient (Wildman–Crippen LogP) is 7.59. The molecular formula is C30H29FN2O2S. The van der Waals surface area contributed by atoms with E-state index in [1.807, 2.05) is 65.6 Å². The summed E-state index contributed by atoms with van der Waals surface area (Å²) in [5, 5.41) is 0.760. The van der Waals surface area contributed by atoms with Gasteiger partial charge in [0.25, 0.3) is 5.91 Å². The number of benzene rings is 3. The lowest BCUT2D eigenvalue weighted by Gasteiger charge is -2.35. The van der Waals surface area contributed by atoms with E-state index in [-0.39, 0.29) is 17.8 Å². The van der Waals surface area contributed by atoms with Crippen LogP contribution >= 0.6 is 11.8 Å². The molecule has 3 aromatic rings. The number of carbonyl (C=O) groups excluding carboxylic acids is 1. The summed E-state index contributed by atoms with van der Waals surface area (Å²) in [6.07, 6.45) is 6.44. The summed E-state index contributed by atoms with van der Waals surface area (Å²) >= 11 is 1.45. The van der Waals surface area contributed by atoms with Crippen LogP contribution in [0.15, 0.2) is 88.8 Å². The van der Waals surface area contributed by atoms with E-state index in [1.54, 1.807) is 12.1 Å². The molecule has 0 bridgehead atoms. The van der Waals surface area contributed by atoms with Gasteiger partial charge in [0.1, 0.15) is 18.2 Å². The number of amides is 1. The van der Waals surface area contributed by atoms with Crippen molar-refractivity contribution in [3.05, 3.63) is 101 Å². The van der Waals surface area contributed by atoms with Gasteiger partial charge in [-0.1, -0.05) is 62.2 Å². The Morgan fingerprint density at radius 3 is 2.44 bits per heavy atom. The number of carbonyl (C=O) groups is 1. The van der Waals surface area contributed by atoms with Gasteiger partial charge < -0.3 is 4.74 Å². The maximum absolute atomic E-state index is 13.6. The fourth-order valence-electron chi connectivity index (χ4n) is 4.71. The highest BCUT2D eigenvalue weighted by atomic mass is 32.2. The van der Waals surface area contributed by atoms with Gasteiger partial charge in [-0.05, 0) is 84.1 Å². The molecule has 1 aliphatic heterocycles. The fourth-order valence-corrected chi connectivity index (χ4v) is 5.75. The lowest BCUT2D eigenvalue weighted by atomic mass is 9.85. The van der Waals surface area contributed by atoms with Crippen molar-refractivity contribution < 1.29 is 13.9 Å². The average molecular weight is 501 g/mol. The standard InChI is InChI=1S/C30H29FN2O2S/c1-21-7-5-6-10-27(21)33-29(34)28(36-30(33)32-25-8-3-2-4-9-25)19-22-13-17-26(18-14-22)35-20-23-11-15-24(31)16-12-23/h2-4,8-9,11-19,21,27H,5-7,10,20H2,1H3/b28-19-,32-30?/t21-,27-/m0/s1. The highest BCUT2D eigenvalue weighted by Crippen LogP contribution is 2.40. The maximum atomic E-state index is 13.6. The molecule has 0 aromatic heterocycles. The molecule has 1 aliphatic carbocycles. The maximum Gasteiger partial charge on any atom is 0.267 e. The summed E-state index contributed by atoms with van der Waals surface area (Å²) in [7, 11) is 0. The Balaban J connectivity index is 1.35. The first-order valence-corrected chi connectivity index (χ1v) is 13.2. The number of aliphatic imine (C=N–C) groups is 1. The minimum atomic E-state index is -0.260. The quantitative estimate of drug-likeness (QED) is 0.328. The first-order chi connectivity index (χ1) is 17.6. The highest BCUT2D eigenvalue weighted by Gasteiger charge is 2.41. The number of halogens is 1. The van der Waals surface area contributed by atoms with Gasteiger partial charge in [0, 0.05) is 6.04 Å². The topological polar surface area (TPSA) is 41.9 Å². The van der Waals surface area contributed by atoms with Crippen LogP contribution < -0.4 is 4.74 Å². The van der Waals surface area contributed by atoms with Crippen molar-refractivity contribution in [1.82, 2.24) is 4.90 Å². The van der Waals surface area contributed by atoms with E-state index in [9.17, 15) is 9.18 Å². The molecule has 0 N–H and O–H groups in total. The number of para-hydroxylation sites is 1. The van der Waals surface area contributed by atoms with E-state index in [2.05, 4.69) is 6.92 Å². The number of rotatable bonds is 6. The molecule has 3 aromatic carbocycles. The van der Waals surface area contributed by atoms with Crippen LogP contribution in [0.4, 0.5) is 10.1 Å². The van der Waals surface area contributed by atoms with E-state index < -0.39 is 0 Å². The van der Waals surface area contributed by atoms with Crippen molar-refractivity contribution in [2.45, 2.75) is 45.3 Å². The third-order valence-electron chi connectivity index (χ3n) is 6.71. The lowest BCUT2D eigenvalue weighted by molar-refractivity contribution is -0.124. The lowest BCUT2D eigenvalue weighted by Crippen LogP contribution is -2.44. The van der Waals surface area contributed by atoms with Crippen molar-refractivity contribution >= 4 is 34.6 Å². The Morgan fingerprint density at radius 1 is 1.00 bits per heavy atom. The van der Waals surface area contributed by atoms with Gasteiger partial charge >= 0.3 is 0 Å². The SMILES string of the molecule is C[C@H]1CCCC[C@@H]1N1C(=O)/C(=C/c2ccc(OCc3ccc(F)cc3)cc2)SC1=Nc1ccccc1. The predicted molar refractivity (Wildman–Crippen MR) is 145 cm³/mol. The third-order valence-corrected chi connectivity index (χ3v) is 7.70. The van der Waals surface area contributed by atoms with Crippen LogP contribution in [-0.4, -0.2) is 22.0 Å². The van der Waals surface area contributed by atoms with Crippen molar-refractivity contribution in [1.29, 1.82) is 0 Å². The van der Waals surface area contributed by atoms with E-state index in [0.717, 1.165) is 47.0 Å². The Kier molecular flexibility index (Phi) is 7.52. The van der Waals surface area contributed by atoms with E-state index in [4.69, 9.17) is 9.73 Å². The molecule has 1 saturated heterocycles. The molecular weight excluding hydrogens is 471 g/mol. The van der Waals surface area contributed by atoms with Crippen LogP contribution in [0.5, 0.6) is 5.75 Å². The highest BCUT2D eigenvalue weighted by molar-refractivity contribution is 8.18. The average Bonchev–Trinajstić information content (AvgIpc) is 3.19. The molecule has 2 fully saturated rings. The second kappa shape index (κ2) is 11.1. The number of nitrogens with zero attached hydrogens (tertiary/aromatic N) is 2. The molecule has 2 atom stereocenters. The molecule has 2 aliphatic rings. The second-order valence-electron chi connectivity index (χ2n) is 9.33. The molecule has 6 heteroatoms. The Bertz CT molecular complexity index is 1260. The van der Waals surface area contributed by atoms with Gasteiger partial charge in [-0.15, -0.1) is 0 Å². The van der Waals surface area contributed by atoms with E-state index in [0.29, 0.717) is 17.4 Å². The van der Waals surface area contributed by atoms with Gasteiger partial charge in [-0.25, -0.2) is 9.38 Å². The zero-order chi connectivity index (χ0) is 24.9. The smallest absolute Gasteiger partial charge is 0.267 e. The molecule has 1 amide bonds. The summed E-state index contributed by atoms with van der Waals surface area (Å²) in [6.45, 7) is 2.61. The number of ether oxygens (including phenoxy) is 1. The molecule has 0 unspecified atom stereocenters. The second-order valence-corrected chi connectivity index (χ2v) is 10.3. The number of hydrogen-bond acceptors (Lipinski definition) is 4. The van der Waals surface area contributed by atoms with E-state index >= 15 is 0 Å². The zero-order valence-electron chi connectivity index (χ0n) is 20.3. The normalized spacial score (nSPS) is 22.4. The zero-order valence-corrected chi connectivity index (χ0v) is 21.1. The van der Waals surface area contributed by atoms with Gasteiger partial charge in [-0.2, -0.15) is 0 Å². The summed E-state index contributed by atoms with van der Waals surface area (Å²) in [4.78, 5) is 21.1. The number of amidine groups is 1. The summed E-state index contributed by atoms with van der Waals surface area (Å²) in [6, 6.07) is 23.9. The number of hydrogen-bond donors (Lipinski definition) is 0. The first-order valence-electron chi connectivity index (χ1n) is 12.4. The monoisotopic (exact) mass is 500 g/mol. The minimum Gasteiger partial charge on any atom is -0.489 e. The van der Waals surface area contributed by atoms with Crippen molar-refractivity contribution in [3.63, 3.8) is 0 Å². The van der Waals surface area contributed by atoms with Crippen LogP contribution in [0, 0.1) is 11.7 Å². The third kappa shape index (κ3) is 5.71. The summed E-state index contributed by atoms with van der Waals surface area (Å²) in [5.74, 6) is 0.936.